The van der Waals surface area contributed by atoms with Gasteiger partial charge in [-0.25, -0.2) is 0 Å². The van der Waals surface area contributed by atoms with Crippen LogP contribution in [0.5, 0.6) is 5.75 Å². The number of aromatic nitrogens is 1. The highest BCUT2D eigenvalue weighted by molar-refractivity contribution is 5.92. The monoisotopic (exact) mass is 455 g/mol. The van der Waals surface area contributed by atoms with E-state index in [0.717, 1.165) is 44.7 Å². The number of aryl methyl sites for hydroxylation is 3. The van der Waals surface area contributed by atoms with E-state index in [2.05, 4.69) is 16.7 Å². The summed E-state index contributed by atoms with van der Waals surface area (Å²) in [5.74, 6) is 0.526. The van der Waals surface area contributed by atoms with Crippen molar-refractivity contribution < 1.29 is 9.53 Å². The molecule has 0 unspecified atom stereocenters. The zero-order valence-electron chi connectivity index (χ0n) is 19.9. The number of amides is 1. The van der Waals surface area contributed by atoms with Crippen molar-refractivity contribution in [2.45, 2.75) is 33.9 Å². The number of fused-ring (bicyclic) bond motifs is 1. The highest BCUT2D eigenvalue weighted by atomic mass is 16.5. The number of pyridine rings is 1. The maximum atomic E-state index is 13.4. The van der Waals surface area contributed by atoms with Crippen molar-refractivity contribution in [1.29, 1.82) is 0 Å². The van der Waals surface area contributed by atoms with Crippen LogP contribution in [0.4, 0.5) is 11.4 Å². The summed E-state index contributed by atoms with van der Waals surface area (Å²) in [4.78, 5) is 26.3. The predicted octanol–water partition coefficient (Wildman–Crippen LogP) is 5.19. The number of nitrogens with one attached hydrogen (secondary N) is 2. The van der Waals surface area contributed by atoms with E-state index in [1.54, 1.807) is 11.7 Å². The molecule has 0 saturated heterocycles. The largest absolute Gasteiger partial charge is 0.497 e. The van der Waals surface area contributed by atoms with Crippen LogP contribution in [0, 0.1) is 20.8 Å². The van der Waals surface area contributed by atoms with Gasteiger partial charge in [-0.3, -0.25) is 14.2 Å². The Morgan fingerprint density at radius 1 is 0.853 bits per heavy atom. The minimum absolute atomic E-state index is 0.0677. The van der Waals surface area contributed by atoms with Crippen LogP contribution >= 0.6 is 0 Å². The van der Waals surface area contributed by atoms with Crippen LogP contribution in [0.1, 0.15) is 22.3 Å². The van der Waals surface area contributed by atoms with Crippen LogP contribution in [0.15, 0.2) is 71.5 Å². The van der Waals surface area contributed by atoms with E-state index < -0.39 is 0 Å². The first-order chi connectivity index (χ1) is 16.3. The summed E-state index contributed by atoms with van der Waals surface area (Å²) in [6.45, 7) is 6.26. The van der Waals surface area contributed by atoms with Crippen LogP contribution in [0.3, 0.4) is 0 Å². The first-order valence-electron chi connectivity index (χ1n) is 11.2. The predicted molar refractivity (Wildman–Crippen MR) is 138 cm³/mol. The Hall–Kier alpha value is -4.06. The molecule has 4 rings (SSSR count). The molecular weight excluding hydrogens is 426 g/mol. The van der Waals surface area contributed by atoms with Crippen LogP contribution < -0.4 is 20.9 Å². The second-order valence-electron chi connectivity index (χ2n) is 8.63. The molecule has 1 aromatic heterocycles. The van der Waals surface area contributed by atoms with Gasteiger partial charge in [-0.05, 0) is 91.9 Å². The van der Waals surface area contributed by atoms with E-state index in [4.69, 9.17) is 4.74 Å². The van der Waals surface area contributed by atoms with Crippen molar-refractivity contribution in [2.75, 3.05) is 17.7 Å². The molecule has 1 amide bonds. The first kappa shape index (κ1) is 23.1. The number of carbonyl (C=O) groups excluding carboxylic acids is 1. The molecule has 0 saturated carbocycles. The van der Waals surface area contributed by atoms with Gasteiger partial charge in [0.2, 0.25) is 5.91 Å². The minimum Gasteiger partial charge on any atom is -0.497 e. The molecule has 0 fully saturated rings. The zero-order valence-corrected chi connectivity index (χ0v) is 19.9. The van der Waals surface area contributed by atoms with Crippen molar-refractivity contribution in [3.05, 3.63) is 99.3 Å². The van der Waals surface area contributed by atoms with Crippen LogP contribution in [0.25, 0.3) is 10.9 Å². The van der Waals surface area contributed by atoms with Crippen molar-refractivity contribution in [3.63, 3.8) is 0 Å². The molecule has 6 heteroatoms. The summed E-state index contributed by atoms with van der Waals surface area (Å²) in [5.41, 5.74) is 5.98. The van der Waals surface area contributed by atoms with Crippen molar-refractivity contribution >= 4 is 28.2 Å². The average Bonchev–Trinajstić information content (AvgIpc) is 2.79. The maximum Gasteiger partial charge on any atom is 0.256 e. The average molecular weight is 456 g/mol. The van der Waals surface area contributed by atoms with Crippen LogP contribution in [-0.4, -0.2) is 17.6 Å². The van der Waals surface area contributed by atoms with Gasteiger partial charge in [0.25, 0.3) is 5.56 Å². The van der Waals surface area contributed by atoms with Gasteiger partial charge in [0.15, 0.2) is 0 Å². The topological polar surface area (TPSA) is 72.4 Å². The molecule has 3 aromatic carbocycles. The Labute approximate surface area is 199 Å². The van der Waals surface area contributed by atoms with E-state index in [0.29, 0.717) is 12.1 Å². The number of anilines is 2. The lowest BCUT2D eigenvalue weighted by molar-refractivity contribution is -0.116. The normalized spacial score (nSPS) is 10.8. The van der Waals surface area contributed by atoms with Crippen molar-refractivity contribution in [1.82, 2.24) is 4.57 Å². The number of ether oxygens (including phenoxy) is 1. The summed E-state index contributed by atoms with van der Waals surface area (Å²) < 4.78 is 6.75. The molecule has 0 radical (unpaired) electrons. The van der Waals surface area contributed by atoms with E-state index in [9.17, 15) is 9.59 Å². The molecule has 1 heterocycles. The summed E-state index contributed by atoms with van der Waals surface area (Å²) in [5, 5.41) is 7.15. The lowest BCUT2D eigenvalue weighted by Crippen LogP contribution is -2.30. The standard InChI is InChI=1S/C28H29N3O3/c1-18-5-10-26-21(12-18)15-22(16-29-23-6-8-25(34-4)9-7-23)28(33)31(26)17-27(32)30-24-13-19(2)11-20(3)14-24/h5-15,29H,16-17H2,1-4H3,(H,30,32). The lowest BCUT2D eigenvalue weighted by atomic mass is 10.1. The van der Waals surface area contributed by atoms with Gasteiger partial charge in [0.05, 0.1) is 12.6 Å². The molecule has 0 spiro atoms. The molecule has 34 heavy (non-hydrogen) atoms. The summed E-state index contributed by atoms with van der Waals surface area (Å²) >= 11 is 0. The van der Waals surface area contributed by atoms with Gasteiger partial charge in [0, 0.05) is 23.5 Å². The zero-order chi connectivity index (χ0) is 24.2. The summed E-state index contributed by atoms with van der Waals surface area (Å²) in [7, 11) is 1.62. The summed E-state index contributed by atoms with van der Waals surface area (Å²) in [6, 6.07) is 21.2. The van der Waals surface area contributed by atoms with E-state index in [1.807, 2.05) is 81.4 Å². The quantitative estimate of drug-likeness (QED) is 0.402. The Morgan fingerprint density at radius 3 is 2.24 bits per heavy atom. The fourth-order valence-corrected chi connectivity index (χ4v) is 4.15. The fraction of sp³-hybridized carbons (Fsp3) is 0.214. The molecule has 0 aliphatic carbocycles. The molecule has 0 aliphatic heterocycles. The van der Waals surface area contributed by atoms with Crippen LogP contribution in [0.2, 0.25) is 0 Å². The van der Waals surface area contributed by atoms with Crippen molar-refractivity contribution in [2.24, 2.45) is 0 Å². The van der Waals surface area contributed by atoms with E-state index >= 15 is 0 Å². The second kappa shape index (κ2) is 9.83. The Balaban J connectivity index is 1.63. The molecule has 0 bridgehead atoms. The van der Waals surface area contributed by atoms with Crippen LogP contribution in [-0.2, 0) is 17.9 Å². The van der Waals surface area contributed by atoms with E-state index in [-0.39, 0.29) is 18.0 Å². The highest BCUT2D eigenvalue weighted by Crippen LogP contribution is 2.19. The second-order valence-corrected chi connectivity index (χ2v) is 8.63. The van der Waals surface area contributed by atoms with Gasteiger partial charge in [-0.1, -0.05) is 17.7 Å². The molecule has 174 valence electrons. The number of nitrogens with zero attached hydrogens (tertiary/aromatic N) is 1. The Kier molecular flexibility index (Phi) is 6.68. The maximum absolute atomic E-state index is 13.4. The lowest BCUT2D eigenvalue weighted by Gasteiger charge is -2.15. The van der Waals surface area contributed by atoms with E-state index in [1.165, 1.54) is 0 Å². The molecule has 0 aliphatic rings. The third-order valence-corrected chi connectivity index (χ3v) is 5.70. The summed E-state index contributed by atoms with van der Waals surface area (Å²) in [6.07, 6.45) is 0. The minimum atomic E-state index is -0.241. The Morgan fingerprint density at radius 2 is 1.56 bits per heavy atom. The SMILES string of the molecule is COc1ccc(NCc2cc3cc(C)ccc3n(CC(=O)Nc3cc(C)cc(C)c3)c2=O)cc1. The smallest absolute Gasteiger partial charge is 0.256 e. The molecule has 0 atom stereocenters. The number of hydrogen-bond donors (Lipinski definition) is 2. The highest BCUT2D eigenvalue weighted by Gasteiger charge is 2.13. The molecule has 4 aromatic rings. The molecule has 6 nitrogen and oxygen atoms in total. The number of carbonyl (C=O) groups is 1. The van der Waals surface area contributed by atoms with Crippen molar-refractivity contribution in [3.8, 4) is 5.75 Å². The molecule has 2 N–H and O–H groups in total. The fourth-order valence-electron chi connectivity index (χ4n) is 4.15. The van der Waals surface area contributed by atoms with Gasteiger partial charge in [-0.2, -0.15) is 0 Å². The Bertz CT molecular complexity index is 1390. The number of rotatable bonds is 7. The van der Waals surface area contributed by atoms with Gasteiger partial charge >= 0.3 is 0 Å². The molecular formula is C28H29N3O3. The van der Waals surface area contributed by atoms with Gasteiger partial charge in [0.1, 0.15) is 12.3 Å². The first-order valence-corrected chi connectivity index (χ1v) is 11.2. The number of methoxy groups -OCH3 is 1. The number of hydrogen-bond acceptors (Lipinski definition) is 4. The third kappa shape index (κ3) is 5.29. The third-order valence-electron chi connectivity index (χ3n) is 5.70. The van der Waals surface area contributed by atoms with Gasteiger partial charge in [-0.15, -0.1) is 0 Å². The number of benzene rings is 3. The van der Waals surface area contributed by atoms with Gasteiger partial charge < -0.3 is 15.4 Å².